The molecule has 2 heterocycles. The number of ketones is 1. The first-order valence-electron chi connectivity index (χ1n) is 10.3. The number of thiophene rings is 1. The van der Waals surface area contributed by atoms with Crippen LogP contribution in [0.15, 0.2) is 48.5 Å². The highest BCUT2D eigenvalue weighted by Crippen LogP contribution is 2.43. The zero-order chi connectivity index (χ0) is 22.3. The van der Waals surface area contributed by atoms with Gasteiger partial charge in [0.2, 0.25) is 0 Å². The molecule has 2 aromatic carbocycles. The lowest BCUT2D eigenvalue weighted by Gasteiger charge is -2.33. The lowest BCUT2D eigenvalue weighted by atomic mass is 9.83. The topological polar surface area (TPSA) is 58.6 Å². The zero-order valence-corrected chi connectivity index (χ0v) is 19.3. The molecule has 4 rings (SSSR count). The molecule has 0 bridgehead atoms. The van der Waals surface area contributed by atoms with Crippen LogP contribution in [-0.2, 0) is 6.42 Å². The van der Waals surface area contributed by atoms with E-state index in [1.165, 1.54) is 11.3 Å². The van der Waals surface area contributed by atoms with Crippen LogP contribution >= 0.6 is 11.3 Å². The van der Waals surface area contributed by atoms with E-state index in [2.05, 4.69) is 38.2 Å². The van der Waals surface area contributed by atoms with Gasteiger partial charge in [0.1, 0.15) is 11.5 Å². The Kier molecular flexibility index (Phi) is 5.40. The van der Waals surface area contributed by atoms with Gasteiger partial charge in [-0.3, -0.25) is 4.79 Å². The van der Waals surface area contributed by atoms with Crippen LogP contribution in [0.3, 0.4) is 0 Å². The van der Waals surface area contributed by atoms with E-state index >= 15 is 0 Å². The molecule has 0 amide bonds. The molecular weight excluding hydrogens is 406 g/mol. The largest absolute Gasteiger partial charge is 0.508 e. The molecule has 0 spiro atoms. The molecule has 4 nitrogen and oxygen atoms in total. The fourth-order valence-corrected chi connectivity index (χ4v) is 5.17. The number of aromatic hydroxyl groups is 1. The predicted octanol–water partition coefficient (Wildman–Crippen LogP) is 6.47. The van der Waals surface area contributed by atoms with Crippen molar-refractivity contribution in [2.45, 2.75) is 39.7 Å². The van der Waals surface area contributed by atoms with Crippen LogP contribution < -0.4 is 10.1 Å². The van der Waals surface area contributed by atoms with E-state index in [1.807, 2.05) is 31.2 Å². The number of ether oxygens (including phenoxy) is 1. The van der Waals surface area contributed by atoms with Crippen LogP contribution in [0.5, 0.6) is 11.5 Å². The number of Topliss-reactive ketones (excluding diaryl/α,β-unsaturated/α-hetero) is 1. The molecule has 0 aliphatic carbocycles. The van der Waals surface area contributed by atoms with Crippen LogP contribution in [0.25, 0.3) is 16.7 Å². The lowest BCUT2D eigenvalue weighted by Crippen LogP contribution is -2.32. The van der Waals surface area contributed by atoms with Crippen LogP contribution in [0.4, 0.5) is 5.69 Å². The van der Waals surface area contributed by atoms with E-state index in [0.717, 1.165) is 43.3 Å². The molecule has 0 atom stereocenters. The third-order valence-corrected chi connectivity index (χ3v) is 6.61. The molecule has 0 unspecified atom stereocenters. The molecule has 0 fully saturated rings. The Labute approximate surface area is 187 Å². The van der Waals surface area contributed by atoms with Gasteiger partial charge in [-0.25, -0.2) is 0 Å². The number of carbonyl (C=O) groups excluding carboxylic acids is 1. The highest BCUT2D eigenvalue weighted by molar-refractivity contribution is 7.14. The molecule has 160 valence electrons. The number of rotatable bonds is 5. The molecule has 1 aliphatic rings. The van der Waals surface area contributed by atoms with E-state index in [0.29, 0.717) is 5.75 Å². The average molecular weight is 434 g/mol. The Balaban J connectivity index is 1.92. The SMILES string of the molecule is COc1cc(O)ccc1-c1ccc2c(c1CC(=O)c1ccc(C)s1)C(C)=CC(C)(C)N2. The van der Waals surface area contributed by atoms with Crippen LogP contribution in [0.1, 0.15) is 46.4 Å². The minimum absolute atomic E-state index is 0.100. The van der Waals surface area contributed by atoms with E-state index in [1.54, 1.807) is 19.2 Å². The van der Waals surface area contributed by atoms with Gasteiger partial charge in [-0.05, 0) is 74.7 Å². The van der Waals surface area contributed by atoms with Gasteiger partial charge >= 0.3 is 0 Å². The normalized spacial score (nSPS) is 14.4. The van der Waals surface area contributed by atoms with Crippen molar-refractivity contribution >= 4 is 28.4 Å². The number of carbonyl (C=O) groups is 1. The molecule has 0 saturated heterocycles. The van der Waals surface area contributed by atoms with Crippen molar-refractivity contribution in [1.82, 2.24) is 0 Å². The van der Waals surface area contributed by atoms with Crippen LogP contribution in [-0.4, -0.2) is 23.5 Å². The summed E-state index contributed by atoms with van der Waals surface area (Å²) < 4.78 is 5.56. The molecule has 5 heteroatoms. The summed E-state index contributed by atoms with van der Waals surface area (Å²) in [5, 5.41) is 13.5. The number of phenolic OH excluding ortho intramolecular Hbond substituents is 1. The third kappa shape index (κ3) is 4.10. The van der Waals surface area contributed by atoms with Gasteiger partial charge in [-0.2, -0.15) is 0 Å². The van der Waals surface area contributed by atoms with Crippen LogP contribution in [0.2, 0.25) is 0 Å². The minimum Gasteiger partial charge on any atom is -0.508 e. The number of allylic oxidation sites excluding steroid dienone is 1. The van der Waals surface area contributed by atoms with Gasteiger partial charge < -0.3 is 15.2 Å². The number of methoxy groups -OCH3 is 1. The number of aryl methyl sites for hydroxylation is 1. The monoisotopic (exact) mass is 433 g/mol. The number of hydrogen-bond donors (Lipinski definition) is 2. The van der Waals surface area contributed by atoms with Crippen molar-refractivity contribution in [2.24, 2.45) is 0 Å². The quantitative estimate of drug-likeness (QED) is 0.453. The summed E-state index contributed by atoms with van der Waals surface area (Å²) in [6.07, 6.45) is 2.49. The summed E-state index contributed by atoms with van der Waals surface area (Å²) in [6, 6.07) is 13.1. The Bertz CT molecular complexity index is 1200. The van der Waals surface area contributed by atoms with Gasteiger partial charge in [0.15, 0.2) is 5.78 Å². The second-order valence-corrected chi connectivity index (χ2v) is 9.87. The Morgan fingerprint density at radius 2 is 1.84 bits per heavy atom. The molecule has 2 N–H and O–H groups in total. The summed E-state index contributed by atoms with van der Waals surface area (Å²) in [4.78, 5) is 15.1. The van der Waals surface area contributed by atoms with Crippen molar-refractivity contribution in [3.8, 4) is 22.6 Å². The molecule has 3 aromatic rings. The van der Waals surface area contributed by atoms with Crippen molar-refractivity contribution in [1.29, 1.82) is 0 Å². The van der Waals surface area contributed by atoms with Gasteiger partial charge in [0.25, 0.3) is 0 Å². The molecule has 1 aliphatic heterocycles. The molecule has 0 saturated carbocycles. The number of nitrogens with one attached hydrogen (secondary N) is 1. The van der Waals surface area contributed by atoms with E-state index in [4.69, 9.17) is 4.74 Å². The van der Waals surface area contributed by atoms with Gasteiger partial charge in [-0.1, -0.05) is 12.1 Å². The van der Waals surface area contributed by atoms with Crippen molar-refractivity contribution < 1.29 is 14.6 Å². The summed E-state index contributed by atoms with van der Waals surface area (Å²) >= 11 is 1.53. The smallest absolute Gasteiger partial charge is 0.177 e. The number of hydrogen-bond acceptors (Lipinski definition) is 5. The van der Waals surface area contributed by atoms with Gasteiger partial charge in [0.05, 0.1) is 17.5 Å². The Hall–Kier alpha value is -3.05. The predicted molar refractivity (Wildman–Crippen MR) is 129 cm³/mol. The first kappa shape index (κ1) is 21.2. The molecular formula is C26H27NO3S. The number of benzene rings is 2. The van der Waals surface area contributed by atoms with Crippen LogP contribution in [0, 0.1) is 6.92 Å². The molecule has 31 heavy (non-hydrogen) atoms. The molecule has 0 radical (unpaired) electrons. The maximum Gasteiger partial charge on any atom is 0.177 e. The summed E-state index contributed by atoms with van der Waals surface area (Å²) in [7, 11) is 1.59. The summed E-state index contributed by atoms with van der Waals surface area (Å²) in [6.45, 7) is 8.38. The number of phenols is 1. The fraction of sp³-hybridized carbons (Fsp3) is 0.269. The highest BCUT2D eigenvalue weighted by atomic mass is 32.1. The van der Waals surface area contributed by atoms with Gasteiger partial charge in [0, 0.05) is 34.2 Å². The van der Waals surface area contributed by atoms with E-state index in [-0.39, 0.29) is 23.5 Å². The minimum atomic E-state index is -0.166. The first-order valence-corrected chi connectivity index (χ1v) is 11.1. The average Bonchev–Trinajstić information content (AvgIpc) is 3.13. The second-order valence-electron chi connectivity index (χ2n) is 8.58. The van der Waals surface area contributed by atoms with Crippen molar-refractivity contribution in [3.63, 3.8) is 0 Å². The maximum atomic E-state index is 13.2. The van der Waals surface area contributed by atoms with E-state index in [9.17, 15) is 9.90 Å². The standard InChI is InChI=1S/C26H27NO3S/c1-15-14-26(3,4)27-21-10-9-18(19-8-7-17(28)12-23(19)30-5)20(25(15)21)13-22(29)24-11-6-16(2)31-24/h6-12,14,27-28H,13H2,1-5H3. The highest BCUT2D eigenvalue weighted by Gasteiger charge is 2.28. The Morgan fingerprint density at radius 1 is 1.10 bits per heavy atom. The first-order chi connectivity index (χ1) is 14.7. The third-order valence-electron chi connectivity index (χ3n) is 5.57. The fourth-order valence-electron chi connectivity index (χ4n) is 4.37. The van der Waals surface area contributed by atoms with Crippen molar-refractivity contribution in [2.75, 3.05) is 12.4 Å². The number of anilines is 1. The van der Waals surface area contributed by atoms with Gasteiger partial charge in [-0.15, -0.1) is 11.3 Å². The maximum absolute atomic E-state index is 13.2. The Morgan fingerprint density at radius 3 is 2.52 bits per heavy atom. The van der Waals surface area contributed by atoms with E-state index < -0.39 is 0 Å². The second kappa shape index (κ2) is 7.89. The van der Waals surface area contributed by atoms with Crippen molar-refractivity contribution in [3.05, 3.63) is 69.4 Å². The summed E-state index contributed by atoms with van der Waals surface area (Å²) in [5.41, 5.74) is 5.82. The zero-order valence-electron chi connectivity index (χ0n) is 18.5. The summed E-state index contributed by atoms with van der Waals surface area (Å²) in [5.74, 6) is 0.819. The number of fused-ring (bicyclic) bond motifs is 1. The molecule has 1 aromatic heterocycles. The lowest BCUT2D eigenvalue weighted by molar-refractivity contribution is 0.0997.